The van der Waals surface area contributed by atoms with Gasteiger partial charge in [-0.15, -0.1) is 0 Å². The number of rotatable bonds is 7. The van der Waals surface area contributed by atoms with Crippen LogP contribution >= 0.6 is 0 Å². The molecule has 0 aliphatic carbocycles. The maximum Gasteiger partial charge on any atom is 0.318 e. The zero-order chi connectivity index (χ0) is 14.3. The molecule has 0 radical (unpaired) electrons. The van der Waals surface area contributed by atoms with Gasteiger partial charge in [-0.25, -0.2) is 4.79 Å². The number of carbonyl (C=O) groups excluding carboxylic acids is 2. The normalized spacial score (nSPS) is 13.4. The fourth-order valence-electron chi connectivity index (χ4n) is 1.70. The van der Waals surface area contributed by atoms with E-state index in [-0.39, 0.29) is 11.3 Å². The molecule has 0 saturated carbocycles. The fraction of sp³-hybridized carbons (Fsp3) is 0.833. The average Bonchev–Trinajstić information content (AvgIpc) is 2.26. The van der Waals surface area contributed by atoms with Crippen LogP contribution in [0.4, 0.5) is 4.79 Å². The Morgan fingerprint density at radius 2 is 1.94 bits per heavy atom. The van der Waals surface area contributed by atoms with E-state index in [1.807, 2.05) is 25.7 Å². The molecular weight excluding hydrogens is 232 g/mol. The summed E-state index contributed by atoms with van der Waals surface area (Å²) in [5.41, 5.74) is 10.6. The second-order valence-corrected chi connectivity index (χ2v) is 5.37. The smallest absolute Gasteiger partial charge is 0.318 e. The van der Waals surface area contributed by atoms with Crippen molar-refractivity contribution in [3.8, 4) is 0 Å². The van der Waals surface area contributed by atoms with Crippen molar-refractivity contribution in [2.45, 2.75) is 40.2 Å². The largest absolute Gasteiger partial charge is 0.351 e. The number of imide groups is 1. The summed E-state index contributed by atoms with van der Waals surface area (Å²) >= 11 is 0. The van der Waals surface area contributed by atoms with E-state index < -0.39 is 12.1 Å². The number of nitrogens with zero attached hydrogens (tertiary/aromatic N) is 1. The van der Waals surface area contributed by atoms with Crippen LogP contribution in [0.15, 0.2) is 0 Å². The first-order chi connectivity index (χ1) is 8.23. The minimum absolute atomic E-state index is 0.0730. The predicted molar refractivity (Wildman–Crippen MR) is 71.9 cm³/mol. The number of amides is 3. The lowest BCUT2D eigenvalue weighted by atomic mass is 9.92. The van der Waals surface area contributed by atoms with Gasteiger partial charge in [0.1, 0.15) is 0 Å². The molecule has 0 aromatic heterocycles. The Hall–Kier alpha value is -1.14. The van der Waals surface area contributed by atoms with Gasteiger partial charge in [0.2, 0.25) is 5.91 Å². The Kier molecular flexibility index (Phi) is 6.86. The fourth-order valence-corrected chi connectivity index (χ4v) is 1.70. The minimum atomic E-state index is -0.818. The van der Waals surface area contributed by atoms with E-state index >= 15 is 0 Å². The molecular formula is C12H26N4O2. The number of carbonyl (C=O) groups is 2. The Morgan fingerprint density at radius 3 is 2.33 bits per heavy atom. The minimum Gasteiger partial charge on any atom is -0.351 e. The number of hydrogen-bond donors (Lipinski definition) is 3. The van der Waals surface area contributed by atoms with E-state index in [9.17, 15) is 9.59 Å². The lowest BCUT2D eigenvalue weighted by molar-refractivity contribution is -0.125. The number of nitrogens with two attached hydrogens (primary N) is 2. The van der Waals surface area contributed by atoms with Crippen molar-refractivity contribution in [3.05, 3.63) is 0 Å². The number of urea groups is 1. The summed E-state index contributed by atoms with van der Waals surface area (Å²) < 4.78 is 0. The van der Waals surface area contributed by atoms with Crippen molar-refractivity contribution in [2.24, 2.45) is 16.9 Å². The Balaban J connectivity index is 4.67. The maximum atomic E-state index is 11.8. The monoisotopic (exact) mass is 258 g/mol. The molecule has 1 unspecified atom stereocenters. The molecule has 5 N–H and O–H groups in total. The van der Waals surface area contributed by atoms with Crippen LogP contribution in [0.5, 0.6) is 0 Å². The molecule has 0 spiro atoms. The van der Waals surface area contributed by atoms with Crippen LogP contribution in [0.3, 0.4) is 0 Å². The van der Waals surface area contributed by atoms with Crippen molar-refractivity contribution in [3.63, 3.8) is 0 Å². The average molecular weight is 258 g/mol. The van der Waals surface area contributed by atoms with Gasteiger partial charge in [-0.1, -0.05) is 20.8 Å². The molecule has 0 saturated heterocycles. The highest BCUT2D eigenvalue weighted by molar-refractivity contribution is 5.96. The molecule has 0 aliphatic heterocycles. The Morgan fingerprint density at radius 1 is 1.39 bits per heavy atom. The number of primary amides is 1. The van der Waals surface area contributed by atoms with E-state index in [2.05, 4.69) is 5.32 Å². The zero-order valence-corrected chi connectivity index (χ0v) is 11.8. The van der Waals surface area contributed by atoms with Gasteiger partial charge in [0, 0.05) is 6.54 Å². The van der Waals surface area contributed by atoms with Gasteiger partial charge in [0.05, 0.1) is 6.04 Å². The summed E-state index contributed by atoms with van der Waals surface area (Å²) in [6, 6.07) is -1.22. The first-order valence-corrected chi connectivity index (χ1v) is 6.28. The van der Waals surface area contributed by atoms with E-state index in [0.717, 1.165) is 13.0 Å². The van der Waals surface area contributed by atoms with Crippen molar-refractivity contribution in [1.82, 2.24) is 10.2 Å². The molecule has 3 amide bonds. The summed E-state index contributed by atoms with van der Waals surface area (Å²) in [4.78, 5) is 24.5. The Bertz CT molecular complexity index is 292. The van der Waals surface area contributed by atoms with Gasteiger partial charge in [-0.3, -0.25) is 15.0 Å². The van der Waals surface area contributed by atoms with E-state index in [0.29, 0.717) is 13.1 Å². The van der Waals surface area contributed by atoms with Gasteiger partial charge >= 0.3 is 6.03 Å². The first kappa shape index (κ1) is 16.9. The Labute approximate surface area is 109 Å². The van der Waals surface area contributed by atoms with Gasteiger partial charge in [-0.2, -0.15) is 0 Å². The second-order valence-electron chi connectivity index (χ2n) is 5.37. The molecule has 0 aliphatic rings. The summed E-state index contributed by atoms with van der Waals surface area (Å²) in [5.74, 6) is -0.372. The molecule has 0 aromatic carbocycles. The first-order valence-electron chi connectivity index (χ1n) is 6.28. The molecule has 18 heavy (non-hydrogen) atoms. The van der Waals surface area contributed by atoms with Crippen LogP contribution in [0.2, 0.25) is 0 Å². The third kappa shape index (κ3) is 5.97. The highest BCUT2D eigenvalue weighted by Gasteiger charge is 2.27. The maximum absolute atomic E-state index is 11.8. The quantitative estimate of drug-likeness (QED) is 0.610. The molecule has 0 aromatic rings. The van der Waals surface area contributed by atoms with Gasteiger partial charge in [-0.05, 0) is 31.8 Å². The highest BCUT2D eigenvalue weighted by Crippen LogP contribution is 2.17. The van der Waals surface area contributed by atoms with Crippen molar-refractivity contribution >= 4 is 11.9 Å². The van der Waals surface area contributed by atoms with Crippen LogP contribution in [-0.4, -0.2) is 42.5 Å². The highest BCUT2D eigenvalue weighted by atomic mass is 16.2. The van der Waals surface area contributed by atoms with Crippen LogP contribution in [0, 0.1) is 5.41 Å². The third-order valence-electron chi connectivity index (χ3n) is 2.87. The molecule has 0 fully saturated rings. The van der Waals surface area contributed by atoms with E-state index in [1.54, 1.807) is 6.92 Å². The molecule has 106 valence electrons. The van der Waals surface area contributed by atoms with Gasteiger partial charge in [0.15, 0.2) is 0 Å². The van der Waals surface area contributed by atoms with Crippen LogP contribution in [0.25, 0.3) is 0 Å². The molecule has 0 heterocycles. The van der Waals surface area contributed by atoms with E-state index in [4.69, 9.17) is 11.5 Å². The van der Waals surface area contributed by atoms with Crippen LogP contribution in [-0.2, 0) is 4.79 Å². The molecule has 0 bridgehead atoms. The van der Waals surface area contributed by atoms with Crippen LogP contribution in [0.1, 0.15) is 34.1 Å². The zero-order valence-electron chi connectivity index (χ0n) is 11.8. The summed E-state index contributed by atoms with van der Waals surface area (Å²) in [6.45, 7) is 9.92. The summed E-state index contributed by atoms with van der Waals surface area (Å²) in [7, 11) is 0. The van der Waals surface area contributed by atoms with Gasteiger partial charge in [0.25, 0.3) is 0 Å². The third-order valence-corrected chi connectivity index (χ3v) is 2.87. The molecule has 6 nitrogen and oxygen atoms in total. The summed E-state index contributed by atoms with van der Waals surface area (Å²) in [5, 5.41) is 2.11. The van der Waals surface area contributed by atoms with Gasteiger partial charge < -0.3 is 11.5 Å². The molecule has 6 heteroatoms. The standard InChI is InChI=1S/C12H26N4O2/c1-5-6-16(8-12(3,4)7-13)9(2)10(17)15-11(14)18/h9H,5-8,13H2,1-4H3,(H3,14,15,17,18). The lowest BCUT2D eigenvalue weighted by Gasteiger charge is -2.34. The lowest BCUT2D eigenvalue weighted by Crippen LogP contribution is -2.51. The van der Waals surface area contributed by atoms with Crippen molar-refractivity contribution in [1.29, 1.82) is 0 Å². The second kappa shape index (κ2) is 7.33. The predicted octanol–water partition coefficient (Wildman–Crippen LogP) is 0.267. The number of nitrogens with one attached hydrogen (secondary N) is 1. The van der Waals surface area contributed by atoms with E-state index in [1.165, 1.54) is 0 Å². The SMILES string of the molecule is CCCN(CC(C)(C)CN)C(C)C(=O)NC(N)=O. The van der Waals surface area contributed by atoms with Crippen molar-refractivity contribution in [2.75, 3.05) is 19.6 Å². The van der Waals surface area contributed by atoms with Crippen molar-refractivity contribution < 1.29 is 9.59 Å². The molecule has 0 rings (SSSR count). The van der Waals surface area contributed by atoms with Crippen LogP contribution < -0.4 is 16.8 Å². The molecule has 1 atom stereocenters. The topological polar surface area (TPSA) is 101 Å². The number of hydrogen-bond acceptors (Lipinski definition) is 4. The summed E-state index contributed by atoms with van der Waals surface area (Å²) in [6.07, 6.45) is 0.925.